The van der Waals surface area contributed by atoms with Gasteiger partial charge in [-0.1, -0.05) is 30.3 Å². The number of pyridine rings is 1. The summed E-state index contributed by atoms with van der Waals surface area (Å²) < 4.78 is 5.86. The Morgan fingerprint density at radius 3 is 2.83 bits per heavy atom. The Bertz CT molecular complexity index is 845. The van der Waals surface area contributed by atoms with Gasteiger partial charge in [-0.15, -0.1) is 0 Å². The highest BCUT2D eigenvalue weighted by molar-refractivity contribution is 5.78. The molecule has 0 radical (unpaired) electrons. The fourth-order valence-electron chi connectivity index (χ4n) is 2.60. The summed E-state index contributed by atoms with van der Waals surface area (Å²) in [7, 11) is 0. The van der Waals surface area contributed by atoms with E-state index in [0.29, 0.717) is 13.0 Å². The summed E-state index contributed by atoms with van der Waals surface area (Å²) in [6.45, 7) is 0.477. The molecule has 0 unspecified atom stereocenters. The summed E-state index contributed by atoms with van der Waals surface area (Å²) in [4.78, 5) is 14.9. The Labute approximate surface area is 140 Å². The van der Waals surface area contributed by atoms with Gasteiger partial charge in [0.25, 0.3) is 0 Å². The number of rotatable bonds is 7. The minimum atomic E-state index is -0.757. The van der Waals surface area contributed by atoms with Crippen molar-refractivity contribution in [1.82, 2.24) is 4.98 Å². The third-order valence-electron chi connectivity index (χ3n) is 3.83. The Morgan fingerprint density at radius 2 is 1.96 bits per heavy atom. The molecular weight excluding hydrogens is 302 g/mol. The molecule has 1 aromatic heterocycles. The van der Waals surface area contributed by atoms with Crippen molar-refractivity contribution in [3.05, 3.63) is 71.9 Å². The lowest BCUT2D eigenvalue weighted by Crippen LogP contribution is -1.98. The third kappa shape index (κ3) is 4.32. The predicted molar refractivity (Wildman–Crippen MR) is 93.1 cm³/mol. The van der Waals surface area contributed by atoms with Crippen molar-refractivity contribution in [2.45, 2.75) is 25.9 Å². The van der Waals surface area contributed by atoms with Crippen LogP contribution in [-0.2, 0) is 17.8 Å². The third-order valence-corrected chi connectivity index (χ3v) is 3.83. The number of carboxylic acids is 1. The van der Waals surface area contributed by atoms with Crippen LogP contribution in [0.2, 0.25) is 0 Å². The molecule has 0 spiro atoms. The van der Waals surface area contributed by atoms with E-state index in [1.807, 2.05) is 54.6 Å². The Hall–Kier alpha value is -2.88. The average Bonchev–Trinajstić information content (AvgIpc) is 2.60. The van der Waals surface area contributed by atoms with Crippen LogP contribution in [0.4, 0.5) is 0 Å². The van der Waals surface area contributed by atoms with E-state index < -0.39 is 5.97 Å². The van der Waals surface area contributed by atoms with E-state index in [1.165, 1.54) is 0 Å². The highest BCUT2D eigenvalue weighted by Gasteiger charge is 2.02. The lowest BCUT2D eigenvalue weighted by Gasteiger charge is -2.09. The maximum Gasteiger partial charge on any atom is 0.303 e. The molecular formula is C20H19NO3. The van der Waals surface area contributed by atoms with Crippen LogP contribution in [-0.4, -0.2) is 16.1 Å². The molecule has 3 aromatic rings. The highest BCUT2D eigenvalue weighted by Crippen LogP contribution is 2.18. The first-order chi connectivity index (χ1) is 11.7. The standard InChI is InChI=1S/C20H19NO3/c22-20(23)8-2-5-15-4-1-7-18(12-15)24-14-16-9-10-17-6-3-11-21-19(17)13-16/h1,3-4,6-7,9-13H,2,5,8,14H2,(H,22,23). The number of aromatic nitrogens is 1. The summed E-state index contributed by atoms with van der Waals surface area (Å²) in [6.07, 6.45) is 3.35. The van der Waals surface area contributed by atoms with Crippen LogP contribution in [0.1, 0.15) is 24.0 Å². The molecule has 122 valence electrons. The first-order valence-corrected chi connectivity index (χ1v) is 7.98. The molecule has 0 fully saturated rings. The maximum atomic E-state index is 10.6. The number of nitrogens with zero attached hydrogens (tertiary/aromatic N) is 1. The van der Waals surface area contributed by atoms with Gasteiger partial charge in [0.2, 0.25) is 0 Å². The summed E-state index contributed by atoms with van der Waals surface area (Å²) in [5.74, 6) is 0.0382. The van der Waals surface area contributed by atoms with Gasteiger partial charge in [0, 0.05) is 18.0 Å². The number of fused-ring (bicyclic) bond motifs is 1. The van der Waals surface area contributed by atoms with Crippen molar-refractivity contribution in [2.24, 2.45) is 0 Å². The zero-order chi connectivity index (χ0) is 16.8. The van der Waals surface area contributed by atoms with E-state index in [2.05, 4.69) is 4.98 Å². The van der Waals surface area contributed by atoms with Gasteiger partial charge in [0.15, 0.2) is 0 Å². The number of carbonyl (C=O) groups is 1. The number of hydrogen-bond acceptors (Lipinski definition) is 3. The van der Waals surface area contributed by atoms with E-state index >= 15 is 0 Å². The lowest BCUT2D eigenvalue weighted by molar-refractivity contribution is -0.137. The summed E-state index contributed by atoms with van der Waals surface area (Å²) in [6, 6.07) is 17.9. The quantitative estimate of drug-likeness (QED) is 0.708. The van der Waals surface area contributed by atoms with Gasteiger partial charge in [-0.3, -0.25) is 9.78 Å². The van der Waals surface area contributed by atoms with Crippen LogP contribution in [0.3, 0.4) is 0 Å². The minimum Gasteiger partial charge on any atom is -0.489 e. The number of aryl methyl sites for hydroxylation is 1. The van der Waals surface area contributed by atoms with Crippen molar-refractivity contribution in [1.29, 1.82) is 0 Å². The van der Waals surface area contributed by atoms with Gasteiger partial charge in [-0.2, -0.15) is 0 Å². The molecule has 4 heteroatoms. The van der Waals surface area contributed by atoms with E-state index in [9.17, 15) is 4.79 Å². The Morgan fingerprint density at radius 1 is 1.04 bits per heavy atom. The molecule has 24 heavy (non-hydrogen) atoms. The number of aliphatic carboxylic acids is 1. The van der Waals surface area contributed by atoms with Gasteiger partial charge in [-0.05, 0) is 48.2 Å². The highest BCUT2D eigenvalue weighted by atomic mass is 16.5. The van der Waals surface area contributed by atoms with Gasteiger partial charge in [0.1, 0.15) is 12.4 Å². The number of hydrogen-bond donors (Lipinski definition) is 1. The van der Waals surface area contributed by atoms with Crippen molar-refractivity contribution in [2.75, 3.05) is 0 Å². The monoisotopic (exact) mass is 321 g/mol. The average molecular weight is 321 g/mol. The number of benzene rings is 2. The molecule has 1 N–H and O–H groups in total. The zero-order valence-corrected chi connectivity index (χ0v) is 13.3. The Balaban J connectivity index is 1.61. The van der Waals surface area contributed by atoms with Crippen molar-refractivity contribution in [3.8, 4) is 5.75 Å². The molecule has 3 rings (SSSR count). The number of carboxylic acid groups (broad SMARTS) is 1. The molecule has 0 aliphatic carbocycles. The SMILES string of the molecule is O=C(O)CCCc1cccc(OCc2ccc3cccnc3c2)c1. The topological polar surface area (TPSA) is 59.4 Å². The predicted octanol–water partition coefficient (Wildman–Crippen LogP) is 4.22. The normalized spacial score (nSPS) is 10.7. The van der Waals surface area contributed by atoms with E-state index in [1.54, 1.807) is 6.20 Å². The lowest BCUT2D eigenvalue weighted by atomic mass is 10.1. The van der Waals surface area contributed by atoms with Gasteiger partial charge in [0.05, 0.1) is 5.52 Å². The Kier molecular flexibility index (Phi) is 5.06. The van der Waals surface area contributed by atoms with E-state index in [0.717, 1.165) is 34.2 Å². The van der Waals surface area contributed by atoms with Gasteiger partial charge < -0.3 is 9.84 Å². The van der Waals surface area contributed by atoms with Gasteiger partial charge >= 0.3 is 5.97 Å². The second-order valence-corrected chi connectivity index (χ2v) is 5.71. The van der Waals surface area contributed by atoms with Gasteiger partial charge in [-0.25, -0.2) is 0 Å². The second kappa shape index (κ2) is 7.59. The van der Waals surface area contributed by atoms with Crippen molar-refractivity contribution < 1.29 is 14.6 Å². The molecule has 0 saturated carbocycles. The minimum absolute atomic E-state index is 0.190. The van der Waals surface area contributed by atoms with Crippen molar-refractivity contribution >= 4 is 16.9 Å². The van der Waals surface area contributed by atoms with Crippen LogP contribution >= 0.6 is 0 Å². The fourth-order valence-corrected chi connectivity index (χ4v) is 2.60. The molecule has 0 aliphatic rings. The molecule has 0 aliphatic heterocycles. The second-order valence-electron chi connectivity index (χ2n) is 5.71. The van der Waals surface area contributed by atoms with E-state index in [4.69, 9.17) is 9.84 Å². The first-order valence-electron chi connectivity index (χ1n) is 7.98. The molecule has 4 nitrogen and oxygen atoms in total. The van der Waals surface area contributed by atoms with Crippen LogP contribution < -0.4 is 4.74 Å². The fraction of sp³-hybridized carbons (Fsp3) is 0.200. The van der Waals surface area contributed by atoms with Crippen LogP contribution in [0, 0.1) is 0 Å². The molecule has 2 aromatic carbocycles. The molecule has 0 amide bonds. The summed E-state index contributed by atoms with van der Waals surface area (Å²) in [5.41, 5.74) is 3.12. The number of ether oxygens (including phenoxy) is 1. The van der Waals surface area contributed by atoms with Crippen LogP contribution in [0.5, 0.6) is 5.75 Å². The van der Waals surface area contributed by atoms with Crippen LogP contribution in [0.15, 0.2) is 60.8 Å². The van der Waals surface area contributed by atoms with Crippen molar-refractivity contribution in [3.63, 3.8) is 0 Å². The largest absolute Gasteiger partial charge is 0.489 e. The maximum absolute atomic E-state index is 10.6. The van der Waals surface area contributed by atoms with E-state index in [-0.39, 0.29) is 6.42 Å². The first kappa shape index (κ1) is 16.0. The summed E-state index contributed by atoms with van der Waals surface area (Å²) in [5, 5.41) is 9.81. The van der Waals surface area contributed by atoms with Crippen LogP contribution in [0.25, 0.3) is 10.9 Å². The smallest absolute Gasteiger partial charge is 0.303 e. The molecule has 1 heterocycles. The summed E-state index contributed by atoms with van der Waals surface area (Å²) >= 11 is 0. The zero-order valence-electron chi connectivity index (χ0n) is 13.3. The molecule has 0 bridgehead atoms. The molecule has 0 saturated heterocycles. The molecule has 0 atom stereocenters.